The van der Waals surface area contributed by atoms with Gasteiger partial charge in [0.25, 0.3) is 0 Å². The predicted octanol–water partition coefficient (Wildman–Crippen LogP) is 3.72. The summed E-state index contributed by atoms with van der Waals surface area (Å²) in [7, 11) is 0. The van der Waals surface area contributed by atoms with Gasteiger partial charge in [-0.1, -0.05) is 6.92 Å². The number of aliphatic imine (C=N–C) groups is 1. The number of imidazole rings is 1. The molecule has 138 valence electrons. The molecule has 0 aliphatic heterocycles. The van der Waals surface area contributed by atoms with Gasteiger partial charge in [-0.05, 0) is 58.3 Å². The van der Waals surface area contributed by atoms with Crippen LogP contribution in [0.25, 0.3) is 0 Å². The van der Waals surface area contributed by atoms with E-state index in [2.05, 4.69) is 41.0 Å². The number of unbranched alkanes of at least 4 members (excludes halogenated alkanes) is 1. The number of nitrogens with one attached hydrogen (secondary N) is 2. The molecule has 1 heterocycles. The lowest BCUT2D eigenvalue weighted by Gasteiger charge is -2.28. The molecule has 5 nitrogen and oxygen atoms in total. The zero-order chi connectivity index (χ0) is 16.5. The third-order valence-corrected chi connectivity index (χ3v) is 4.70. The highest BCUT2D eigenvalue weighted by Crippen LogP contribution is 2.23. The first-order chi connectivity index (χ1) is 11.2. The second kappa shape index (κ2) is 11.7. The van der Waals surface area contributed by atoms with E-state index >= 15 is 0 Å². The van der Waals surface area contributed by atoms with Gasteiger partial charge in [-0.25, -0.2) is 4.98 Å². The summed E-state index contributed by atoms with van der Waals surface area (Å²) in [4.78, 5) is 8.99. The highest BCUT2D eigenvalue weighted by Gasteiger charge is 2.18. The van der Waals surface area contributed by atoms with Crippen molar-refractivity contribution in [2.45, 2.75) is 71.9 Å². The minimum atomic E-state index is 0. The van der Waals surface area contributed by atoms with E-state index in [4.69, 9.17) is 4.99 Å². The van der Waals surface area contributed by atoms with Gasteiger partial charge in [0.2, 0.25) is 0 Å². The molecule has 1 aromatic heterocycles. The van der Waals surface area contributed by atoms with Crippen LogP contribution in [0.4, 0.5) is 0 Å². The molecule has 1 fully saturated rings. The molecule has 0 saturated heterocycles. The maximum atomic E-state index is 4.74. The van der Waals surface area contributed by atoms with Crippen molar-refractivity contribution in [2.24, 2.45) is 10.9 Å². The first-order valence-corrected chi connectivity index (χ1v) is 9.21. The summed E-state index contributed by atoms with van der Waals surface area (Å²) in [5.41, 5.74) is 0. The Morgan fingerprint density at radius 1 is 1.29 bits per heavy atom. The number of guanidine groups is 1. The zero-order valence-corrected chi connectivity index (χ0v) is 17.8. The highest BCUT2D eigenvalue weighted by atomic mass is 127. The zero-order valence-electron chi connectivity index (χ0n) is 15.4. The van der Waals surface area contributed by atoms with Gasteiger partial charge in [0.05, 0.1) is 0 Å². The number of hydrogen-bond donors (Lipinski definition) is 2. The number of halogens is 1. The number of nitrogens with zero attached hydrogens (tertiary/aromatic N) is 3. The average molecular weight is 447 g/mol. The molecule has 2 rings (SSSR count). The van der Waals surface area contributed by atoms with Crippen molar-refractivity contribution in [2.75, 3.05) is 13.1 Å². The molecule has 0 amide bonds. The normalized spacial score (nSPS) is 21.2. The first kappa shape index (κ1) is 21.3. The quantitative estimate of drug-likeness (QED) is 0.290. The average Bonchev–Trinajstić information content (AvgIpc) is 2.94. The SMILES string of the molecule is CCNC(=NCCCCn1ccnc1C)NC1CCC(C)CC1.I. The minimum absolute atomic E-state index is 0. The molecule has 1 aliphatic carbocycles. The standard InChI is InChI=1S/C18H33N5.HI/c1-4-19-18(22-17-9-7-15(2)8-10-17)21-11-5-6-13-23-14-12-20-16(23)3;/h12,14-15,17H,4-11,13H2,1-3H3,(H2,19,21,22);1H. The summed E-state index contributed by atoms with van der Waals surface area (Å²) in [6.45, 7) is 9.37. The van der Waals surface area contributed by atoms with E-state index in [1.54, 1.807) is 0 Å². The Morgan fingerprint density at radius 3 is 2.67 bits per heavy atom. The summed E-state index contributed by atoms with van der Waals surface area (Å²) >= 11 is 0. The lowest BCUT2D eigenvalue weighted by atomic mass is 9.87. The van der Waals surface area contributed by atoms with E-state index in [1.165, 1.54) is 25.7 Å². The molecule has 24 heavy (non-hydrogen) atoms. The summed E-state index contributed by atoms with van der Waals surface area (Å²) in [5, 5.41) is 6.99. The molecule has 2 N–H and O–H groups in total. The largest absolute Gasteiger partial charge is 0.357 e. The van der Waals surface area contributed by atoms with Gasteiger partial charge in [0.15, 0.2) is 5.96 Å². The van der Waals surface area contributed by atoms with E-state index < -0.39 is 0 Å². The van der Waals surface area contributed by atoms with Gasteiger partial charge in [-0.3, -0.25) is 4.99 Å². The van der Waals surface area contributed by atoms with Crippen LogP contribution in [0.3, 0.4) is 0 Å². The molecular weight excluding hydrogens is 413 g/mol. The topological polar surface area (TPSA) is 54.2 Å². The molecule has 0 unspecified atom stereocenters. The van der Waals surface area contributed by atoms with Crippen LogP contribution in [0.1, 0.15) is 58.2 Å². The Morgan fingerprint density at radius 2 is 2.04 bits per heavy atom. The van der Waals surface area contributed by atoms with E-state index in [9.17, 15) is 0 Å². The highest BCUT2D eigenvalue weighted by molar-refractivity contribution is 14.0. The second-order valence-electron chi connectivity index (χ2n) is 6.74. The molecule has 6 heteroatoms. The molecule has 0 radical (unpaired) electrons. The van der Waals surface area contributed by atoms with Gasteiger partial charge >= 0.3 is 0 Å². The Hall–Kier alpha value is -0.790. The molecule has 1 saturated carbocycles. The summed E-state index contributed by atoms with van der Waals surface area (Å²) in [6.07, 6.45) is 11.4. The fourth-order valence-electron chi connectivity index (χ4n) is 3.14. The van der Waals surface area contributed by atoms with E-state index in [1.807, 2.05) is 12.4 Å². The van der Waals surface area contributed by atoms with Crippen LogP contribution >= 0.6 is 24.0 Å². The monoisotopic (exact) mass is 447 g/mol. The lowest BCUT2D eigenvalue weighted by molar-refractivity contribution is 0.329. The molecule has 0 spiro atoms. The summed E-state index contributed by atoms with van der Waals surface area (Å²) < 4.78 is 2.20. The van der Waals surface area contributed by atoms with Crippen LogP contribution < -0.4 is 10.6 Å². The van der Waals surface area contributed by atoms with Crippen LogP contribution in [0.15, 0.2) is 17.4 Å². The first-order valence-electron chi connectivity index (χ1n) is 9.21. The van der Waals surface area contributed by atoms with Gasteiger partial charge in [-0.15, -0.1) is 24.0 Å². The Bertz CT molecular complexity index is 478. The van der Waals surface area contributed by atoms with Crippen LogP contribution in [-0.4, -0.2) is 34.6 Å². The van der Waals surface area contributed by atoms with E-state index in [-0.39, 0.29) is 24.0 Å². The molecular formula is C18H34IN5. The van der Waals surface area contributed by atoms with Gasteiger partial charge in [0.1, 0.15) is 5.82 Å². The smallest absolute Gasteiger partial charge is 0.191 e. The maximum absolute atomic E-state index is 4.74. The van der Waals surface area contributed by atoms with Crippen molar-refractivity contribution < 1.29 is 0 Å². The van der Waals surface area contributed by atoms with E-state index in [0.29, 0.717) is 6.04 Å². The van der Waals surface area contributed by atoms with Gasteiger partial charge in [-0.2, -0.15) is 0 Å². The molecule has 0 atom stereocenters. The van der Waals surface area contributed by atoms with Crippen molar-refractivity contribution in [1.29, 1.82) is 0 Å². The third-order valence-electron chi connectivity index (χ3n) is 4.70. The van der Waals surface area contributed by atoms with Crippen LogP contribution in [0, 0.1) is 12.8 Å². The Balaban J connectivity index is 0.00000288. The number of aromatic nitrogens is 2. The predicted molar refractivity (Wildman–Crippen MR) is 112 cm³/mol. The van der Waals surface area contributed by atoms with Crippen LogP contribution in [-0.2, 0) is 6.54 Å². The molecule has 0 bridgehead atoms. The van der Waals surface area contributed by atoms with Gasteiger partial charge < -0.3 is 15.2 Å². The second-order valence-corrected chi connectivity index (χ2v) is 6.74. The Kier molecular flexibility index (Phi) is 10.4. The van der Waals surface area contributed by atoms with Crippen molar-refractivity contribution >= 4 is 29.9 Å². The Labute approximate surface area is 164 Å². The number of aryl methyl sites for hydroxylation is 2. The van der Waals surface area contributed by atoms with Gasteiger partial charge in [0, 0.05) is 38.1 Å². The van der Waals surface area contributed by atoms with Crippen LogP contribution in [0.2, 0.25) is 0 Å². The van der Waals surface area contributed by atoms with Crippen LogP contribution in [0.5, 0.6) is 0 Å². The summed E-state index contributed by atoms with van der Waals surface area (Å²) in [5.74, 6) is 2.97. The van der Waals surface area contributed by atoms with Crippen molar-refractivity contribution in [3.63, 3.8) is 0 Å². The molecule has 1 aliphatic rings. The lowest BCUT2D eigenvalue weighted by Crippen LogP contribution is -2.44. The number of hydrogen-bond acceptors (Lipinski definition) is 2. The minimum Gasteiger partial charge on any atom is -0.357 e. The van der Waals surface area contributed by atoms with Crippen molar-refractivity contribution in [3.8, 4) is 0 Å². The van der Waals surface area contributed by atoms with Crippen molar-refractivity contribution in [3.05, 3.63) is 18.2 Å². The fraction of sp³-hybridized carbons (Fsp3) is 0.778. The number of rotatable bonds is 7. The fourth-order valence-corrected chi connectivity index (χ4v) is 3.14. The summed E-state index contributed by atoms with van der Waals surface area (Å²) in [6, 6.07) is 0.595. The third kappa shape index (κ3) is 7.40. The molecule has 1 aromatic rings. The molecule has 0 aromatic carbocycles. The van der Waals surface area contributed by atoms with Crippen molar-refractivity contribution in [1.82, 2.24) is 20.2 Å². The van der Waals surface area contributed by atoms with E-state index in [0.717, 1.165) is 50.2 Å². The maximum Gasteiger partial charge on any atom is 0.191 e.